The van der Waals surface area contributed by atoms with Gasteiger partial charge in [0.1, 0.15) is 5.75 Å². The number of nitrogens with one attached hydrogen (secondary N) is 1. The Morgan fingerprint density at radius 1 is 1.42 bits per heavy atom. The van der Waals surface area contributed by atoms with Crippen molar-refractivity contribution in [3.05, 3.63) is 29.3 Å². The molecule has 0 saturated carbocycles. The minimum absolute atomic E-state index is 0.0906. The van der Waals surface area contributed by atoms with Crippen molar-refractivity contribution in [1.82, 2.24) is 5.32 Å². The van der Waals surface area contributed by atoms with E-state index in [0.29, 0.717) is 0 Å². The van der Waals surface area contributed by atoms with E-state index in [-0.39, 0.29) is 18.0 Å². The van der Waals surface area contributed by atoms with Gasteiger partial charge in [-0.1, -0.05) is 6.07 Å². The molecule has 3 N–H and O–H groups in total. The Labute approximate surface area is 114 Å². The van der Waals surface area contributed by atoms with Crippen LogP contribution in [-0.2, 0) is 11.2 Å². The lowest BCUT2D eigenvalue weighted by Crippen LogP contribution is -2.40. The van der Waals surface area contributed by atoms with Crippen molar-refractivity contribution in [2.24, 2.45) is 5.73 Å². The predicted molar refractivity (Wildman–Crippen MR) is 75.1 cm³/mol. The molecule has 2 unspecified atom stereocenters. The highest BCUT2D eigenvalue weighted by atomic mass is 16.5. The quantitative estimate of drug-likeness (QED) is 0.871. The topological polar surface area (TPSA) is 64.3 Å². The van der Waals surface area contributed by atoms with Crippen LogP contribution in [0.1, 0.15) is 44.4 Å². The van der Waals surface area contributed by atoms with E-state index >= 15 is 0 Å². The molecule has 1 aromatic carbocycles. The lowest BCUT2D eigenvalue weighted by Gasteiger charge is -2.17. The smallest absolute Gasteiger partial charge is 0.260 e. The van der Waals surface area contributed by atoms with Crippen molar-refractivity contribution in [2.45, 2.75) is 51.8 Å². The van der Waals surface area contributed by atoms with E-state index in [1.807, 2.05) is 32.0 Å². The molecule has 1 aromatic rings. The largest absolute Gasteiger partial charge is 0.481 e. The van der Waals surface area contributed by atoms with Crippen molar-refractivity contribution in [3.63, 3.8) is 0 Å². The zero-order chi connectivity index (χ0) is 14.0. The maximum Gasteiger partial charge on any atom is 0.260 e. The van der Waals surface area contributed by atoms with E-state index in [4.69, 9.17) is 10.5 Å². The molecule has 2 atom stereocenters. The second-order valence-corrected chi connectivity index (χ2v) is 5.43. The van der Waals surface area contributed by atoms with Gasteiger partial charge in [0.05, 0.1) is 0 Å². The first-order valence-electron chi connectivity index (χ1n) is 6.83. The summed E-state index contributed by atoms with van der Waals surface area (Å²) in [6.07, 6.45) is 1.48. The van der Waals surface area contributed by atoms with Crippen LogP contribution < -0.4 is 15.8 Å². The van der Waals surface area contributed by atoms with Crippen molar-refractivity contribution in [2.75, 3.05) is 0 Å². The van der Waals surface area contributed by atoms with Gasteiger partial charge < -0.3 is 15.8 Å². The Morgan fingerprint density at radius 2 is 2.16 bits per heavy atom. The number of ether oxygens (including phenoxy) is 1. The fourth-order valence-corrected chi connectivity index (χ4v) is 2.36. The van der Waals surface area contributed by atoms with Crippen LogP contribution in [0.15, 0.2) is 18.2 Å². The van der Waals surface area contributed by atoms with Crippen LogP contribution in [0.4, 0.5) is 0 Å². The van der Waals surface area contributed by atoms with Crippen molar-refractivity contribution in [3.8, 4) is 5.75 Å². The summed E-state index contributed by atoms with van der Waals surface area (Å²) in [5, 5.41) is 2.84. The summed E-state index contributed by atoms with van der Waals surface area (Å²) in [7, 11) is 0. The normalized spacial score (nSPS) is 19.1. The van der Waals surface area contributed by atoms with Gasteiger partial charge in [-0.05, 0) is 56.9 Å². The van der Waals surface area contributed by atoms with E-state index in [0.717, 1.165) is 18.6 Å². The Balaban J connectivity index is 2.02. The lowest BCUT2D eigenvalue weighted by molar-refractivity contribution is -0.127. The summed E-state index contributed by atoms with van der Waals surface area (Å²) in [5.74, 6) is 0.645. The summed E-state index contributed by atoms with van der Waals surface area (Å²) in [6, 6.07) is 6.17. The van der Waals surface area contributed by atoms with Gasteiger partial charge >= 0.3 is 0 Å². The zero-order valence-corrected chi connectivity index (χ0v) is 11.8. The maximum atomic E-state index is 11.8. The molecule has 0 radical (unpaired) electrons. The number of amides is 1. The maximum absolute atomic E-state index is 11.8. The van der Waals surface area contributed by atoms with E-state index < -0.39 is 6.10 Å². The van der Waals surface area contributed by atoms with Gasteiger partial charge in [0.25, 0.3) is 5.91 Å². The first-order chi connectivity index (χ1) is 8.97. The number of hydrogen-bond acceptors (Lipinski definition) is 3. The molecule has 4 heteroatoms. The summed E-state index contributed by atoms with van der Waals surface area (Å²) < 4.78 is 5.68. The third-order valence-electron chi connectivity index (χ3n) is 3.35. The number of carbonyl (C=O) groups excluding carboxylic acids is 1. The van der Waals surface area contributed by atoms with Crippen LogP contribution in [0.2, 0.25) is 0 Å². The Morgan fingerprint density at radius 3 is 2.84 bits per heavy atom. The van der Waals surface area contributed by atoms with Crippen LogP contribution in [0.5, 0.6) is 5.75 Å². The van der Waals surface area contributed by atoms with E-state index in [9.17, 15) is 4.79 Å². The number of aryl methyl sites for hydroxylation is 1. The summed E-state index contributed by atoms with van der Waals surface area (Å²) in [4.78, 5) is 11.8. The van der Waals surface area contributed by atoms with Gasteiger partial charge in [0.2, 0.25) is 0 Å². The zero-order valence-electron chi connectivity index (χ0n) is 11.8. The van der Waals surface area contributed by atoms with Crippen molar-refractivity contribution >= 4 is 5.91 Å². The molecule has 4 nitrogen and oxygen atoms in total. The molecule has 1 aliphatic rings. The first kappa shape index (κ1) is 13.9. The average Bonchev–Trinajstić information content (AvgIpc) is 2.70. The number of rotatable bonds is 4. The number of benzene rings is 1. The lowest BCUT2D eigenvalue weighted by atomic mass is 10.1. The third-order valence-corrected chi connectivity index (χ3v) is 3.35. The number of fused-ring (bicyclic) bond motifs is 1. The minimum atomic E-state index is -0.490. The van der Waals surface area contributed by atoms with Crippen LogP contribution in [0, 0.1) is 0 Å². The molecule has 0 fully saturated rings. The third kappa shape index (κ3) is 3.26. The van der Waals surface area contributed by atoms with Crippen LogP contribution in [0.25, 0.3) is 0 Å². The second-order valence-electron chi connectivity index (χ2n) is 5.43. The van der Waals surface area contributed by atoms with E-state index in [1.54, 1.807) is 6.92 Å². The SMILES string of the molecule is CC(C)NC(=O)C(C)Oc1ccc2c(c1)CCC2N. The monoisotopic (exact) mass is 262 g/mol. The second kappa shape index (κ2) is 5.61. The summed E-state index contributed by atoms with van der Waals surface area (Å²) in [5.41, 5.74) is 8.43. The van der Waals surface area contributed by atoms with Crippen LogP contribution in [0.3, 0.4) is 0 Å². The molecule has 0 aromatic heterocycles. The predicted octanol–water partition coefficient (Wildman–Crippen LogP) is 1.92. The standard InChI is InChI=1S/C15H22N2O2/c1-9(2)17-15(18)10(3)19-12-5-6-13-11(8-12)4-7-14(13)16/h5-6,8-10,14H,4,7,16H2,1-3H3,(H,17,18). The van der Waals surface area contributed by atoms with Crippen molar-refractivity contribution in [1.29, 1.82) is 0 Å². The molecule has 0 spiro atoms. The number of hydrogen-bond donors (Lipinski definition) is 2. The highest BCUT2D eigenvalue weighted by Gasteiger charge is 2.20. The number of nitrogens with two attached hydrogens (primary N) is 1. The van der Waals surface area contributed by atoms with Gasteiger partial charge in [-0.15, -0.1) is 0 Å². The fraction of sp³-hybridized carbons (Fsp3) is 0.533. The molecular formula is C15H22N2O2. The molecule has 0 aliphatic heterocycles. The van der Waals surface area contributed by atoms with Gasteiger partial charge in [0.15, 0.2) is 6.10 Å². The highest BCUT2D eigenvalue weighted by Crippen LogP contribution is 2.32. The van der Waals surface area contributed by atoms with Gasteiger partial charge in [0, 0.05) is 12.1 Å². The Hall–Kier alpha value is -1.55. The summed E-state index contributed by atoms with van der Waals surface area (Å²) in [6.45, 7) is 5.62. The molecular weight excluding hydrogens is 240 g/mol. The van der Waals surface area contributed by atoms with Crippen molar-refractivity contribution < 1.29 is 9.53 Å². The molecule has 19 heavy (non-hydrogen) atoms. The molecule has 0 bridgehead atoms. The first-order valence-corrected chi connectivity index (χ1v) is 6.83. The van der Waals surface area contributed by atoms with Gasteiger partial charge in [-0.2, -0.15) is 0 Å². The molecule has 0 heterocycles. The average molecular weight is 262 g/mol. The minimum Gasteiger partial charge on any atom is -0.481 e. The molecule has 2 rings (SSSR count). The fourth-order valence-electron chi connectivity index (χ4n) is 2.36. The summed E-state index contributed by atoms with van der Waals surface area (Å²) >= 11 is 0. The molecule has 0 saturated heterocycles. The molecule has 104 valence electrons. The number of carbonyl (C=O) groups is 1. The van der Waals surface area contributed by atoms with Gasteiger partial charge in [-0.25, -0.2) is 0 Å². The van der Waals surface area contributed by atoms with E-state index in [2.05, 4.69) is 5.32 Å². The van der Waals surface area contributed by atoms with Gasteiger partial charge in [-0.3, -0.25) is 4.79 Å². The highest BCUT2D eigenvalue weighted by molar-refractivity contribution is 5.80. The van der Waals surface area contributed by atoms with E-state index in [1.165, 1.54) is 11.1 Å². The Kier molecular flexibility index (Phi) is 4.10. The molecule has 1 amide bonds. The molecule has 1 aliphatic carbocycles. The van der Waals surface area contributed by atoms with Crippen LogP contribution in [-0.4, -0.2) is 18.1 Å². The Bertz CT molecular complexity index is 471. The van der Waals surface area contributed by atoms with Crippen LogP contribution >= 0.6 is 0 Å².